The molecule has 3 N–H and O–H groups in total. The molecule has 1 aromatic heterocycles. The maximum absolute atomic E-state index is 14.2. The fourth-order valence-electron chi connectivity index (χ4n) is 6.00. The Morgan fingerprint density at radius 2 is 1.98 bits per heavy atom. The molecule has 0 radical (unpaired) electrons. The summed E-state index contributed by atoms with van der Waals surface area (Å²) in [6.45, 7) is 5.22. The second kappa shape index (κ2) is 13.3. The number of carbonyl (C=O) groups excluding carboxylic acids is 3. The molecule has 5 atom stereocenters. The Morgan fingerprint density at radius 1 is 1.20 bits per heavy atom. The Balaban J connectivity index is 1.44. The van der Waals surface area contributed by atoms with Gasteiger partial charge in [0.15, 0.2) is 0 Å². The number of nitrogens with one attached hydrogen (secondary N) is 2. The van der Waals surface area contributed by atoms with Gasteiger partial charge < -0.3 is 30.1 Å². The number of ether oxygens (including phenoxy) is 2. The number of carboxylic acids is 1. The van der Waals surface area contributed by atoms with Crippen molar-refractivity contribution in [3.63, 3.8) is 0 Å². The molecular formula is C31H40ClN7O7. The largest absolute Gasteiger partial charge is 0.495 e. The highest BCUT2D eigenvalue weighted by molar-refractivity contribution is 6.32. The first-order valence-electron chi connectivity index (χ1n) is 15.5. The summed E-state index contributed by atoms with van der Waals surface area (Å²) in [6.07, 6.45) is 6.78. The van der Waals surface area contributed by atoms with Crippen LogP contribution in [0.3, 0.4) is 0 Å². The van der Waals surface area contributed by atoms with Crippen molar-refractivity contribution in [3.05, 3.63) is 35.4 Å². The van der Waals surface area contributed by atoms with Crippen molar-refractivity contribution in [2.45, 2.75) is 95.0 Å². The van der Waals surface area contributed by atoms with Crippen LogP contribution >= 0.6 is 11.6 Å². The third kappa shape index (κ3) is 7.27. The van der Waals surface area contributed by atoms with Crippen molar-refractivity contribution in [3.8, 4) is 17.1 Å². The summed E-state index contributed by atoms with van der Waals surface area (Å²) in [5.41, 5.74) is -1.63. The second-order valence-electron chi connectivity index (χ2n) is 13.0. The van der Waals surface area contributed by atoms with Crippen LogP contribution in [0.5, 0.6) is 5.75 Å². The molecule has 2 aromatic rings. The van der Waals surface area contributed by atoms with Crippen molar-refractivity contribution >= 4 is 35.5 Å². The van der Waals surface area contributed by atoms with Crippen LogP contribution < -0.4 is 15.4 Å². The molecule has 1 unspecified atom stereocenters. The summed E-state index contributed by atoms with van der Waals surface area (Å²) >= 11 is 6.29. The summed E-state index contributed by atoms with van der Waals surface area (Å²) in [4.78, 5) is 55.9. The van der Waals surface area contributed by atoms with E-state index >= 15 is 0 Å². The topological polar surface area (TPSA) is 178 Å². The molecular weight excluding hydrogens is 618 g/mol. The number of aliphatic carboxylic acids is 1. The lowest BCUT2D eigenvalue weighted by Gasteiger charge is -2.30. The number of allylic oxidation sites excluding steroid dienone is 1. The number of aromatic nitrogens is 4. The van der Waals surface area contributed by atoms with E-state index in [1.165, 1.54) is 16.8 Å². The highest BCUT2D eigenvalue weighted by Crippen LogP contribution is 2.45. The van der Waals surface area contributed by atoms with E-state index in [2.05, 4.69) is 26.0 Å². The molecule has 2 aliphatic heterocycles. The zero-order valence-electron chi connectivity index (χ0n) is 26.4. The number of amides is 3. The van der Waals surface area contributed by atoms with Gasteiger partial charge in [-0.1, -0.05) is 36.6 Å². The van der Waals surface area contributed by atoms with Crippen molar-refractivity contribution in [1.82, 2.24) is 35.7 Å². The van der Waals surface area contributed by atoms with Crippen LogP contribution in [0, 0.1) is 5.92 Å². The highest BCUT2D eigenvalue weighted by Gasteiger charge is 2.61. The van der Waals surface area contributed by atoms with Gasteiger partial charge in [-0.25, -0.2) is 9.59 Å². The maximum atomic E-state index is 14.2. The Labute approximate surface area is 271 Å². The lowest BCUT2D eigenvalue weighted by atomic mass is 10.0. The van der Waals surface area contributed by atoms with E-state index in [4.69, 9.17) is 21.1 Å². The Kier molecular flexibility index (Phi) is 9.57. The van der Waals surface area contributed by atoms with Crippen LogP contribution in [0.1, 0.15) is 71.8 Å². The molecule has 1 saturated carbocycles. The lowest BCUT2D eigenvalue weighted by Crippen LogP contribution is -2.56. The SMILES string of the molecule is COc1ccc(-c2nnn(C3C[C@H]4C(=O)N[C@@]5(C(=O)O)C[C@H]5/C=C\CCCCC[C@@H](NC(=O)OC(C)(C)C)C(=O)N4C3)n2)cc1Cl. The predicted octanol–water partition coefficient (Wildman–Crippen LogP) is 3.52. The van der Waals surface area contributed by atoms with Gasteiger partial charge in [0, 0.05) is 24.4 Å². The van der Waals surface area contributed by atoms with E-state index in [1.54, 1.807) is 39.0 Å². The maximum Gasteiger partial charge on any atom is 0.408 e. The third-order valence-electron chi connectivity index (χ3n) is 8.49. The summed E-state index contributed by atoms with van der Waals surface area (Å²) in [7, 11) is 1.51. The van der Waals surface area contributed by atoms with Crippen LogP contribution in [0.4, 0.5) is 4.79 Å². The van der Waals surface area contributed by atoms with Crippen LogP contribution in [-0.4, -0.2) is 91.0 Å². The lowest BCUT2D eigenvalue weighted by molar-refractivity contribution is -0.145. The molecule has 0 bridgehead atoms. The Bertz CT molecular complexity index is 1520. The van der Waals surface area contributed by atoms with Crippen LogP contribution in [-0.2, 0) is 19.1 Å². The molecule has 5 rings (SSSR count). The molecule has 3 aliphatic rings. The van der Waals surface area contributed by atoms with Crippen LogP contribution in [0.15, 0.2) is 30.4 Å². The van der Waals surface area contributed by atoms with Crippen LogP contribution in [0.2, 0.25) is 5.02 Å². The van der Waals surface area contributed by atoms with Gasteiger partial charge in [0.1, 0.15) is 29.0 Å². The average molecular weight is 658 g/mol. The highest BCUT2D eigenvalue weighted by atomic mass is 35.5. The number of hydrogen-bond donors (Lipinski definition) is 3. The third-order valence-corrected chi connectivity index (χ3v) is 8.79. The number of hydrogen-bond acceptors (Lipinski definition) is 9. The van der Waals surface area contributed by atoms with E-state index in [-0.39, 0.29) is 31.1 Å². The second-order valence-corrected chi connectivity index (χ2v) is 13.4. The standard InChI is InChI=1S/C31H40ClN7O7/c1-30(2,3)46-29(44)33-22-11-9-7-5-6-8-10-19-16-31(19,28(42)43)34-26(40)23-15-20(17-38(23)27(22)41)39-36-25(35-37-39)18-12-13-24(45-4)21(32)14-18/h8,10,12-14,19-20,22-23H,5-7,9,11,15-17H2,1-4H3,(H,33,44)(H,34,40)(H,42,43)/b10-8-/t19-,20?,22-,23+,31+/m1/s1. The zero-order valence-corrected chi connectivity index (χ0v) is 27.1. The predicted molar refractivity (Wildman–Crippen MR) is 166 cm³/mol. The minimum Gasteiger partial charge on any atom is -0.495 e. The minimum atomic E-state index is -1.44. The van der Waals surface area contributed by atoms with Gasteiger partial charge in [0.2, 0.25) is 17.6 Å². The van der Waals surface area contributed by atoms with Gasteiger partial charge in [-0.05, 0) is 69.9 Å². The van der Waals surface area contributed by atoms with Gasteiger partial charge in [-0.15, -0.1) is 10.2 Å². The van der Waals surface area contributed by atoms with Gasteiger partial charge in [0.25, 0.3) is 0 Å². The summed E-state index contributed by atoms with van der Waals surface area (Å²) in [5.74, 6) is -1.77. The zero-order chi connectivity index (χ0) is 33.2. The van der Waals surface area contributed by atoms with Crippen molar-refractivity contribution in [2.75, 3.05) is 13.7 Å². The number of tetrazole rings is 1. The summed E-state index contributed by atoms with van der Waals surface area (Å²) < 4.78 is 10.7. The molecule has 14 nitrogen and oxygen atoms in total. The molecule has 1 saturated heterocycles. The Morgan fingerprint density at radius 3 is 2.67 bits per heavy atom. The fourth-order valence-corrected chi connectivity index (χ4v) is 6.25. The van der Waals surface area contributed by atoms with E-state index in [9.17, 15) is 24.3 Å². The monoisotopic (exact) mass is 657 g/mol. The normalized spacial score (nSPS) is 27.7. The van der Waals surface area contributed by atoms with Gasteiger partial charge in [-0.3, -0.25) is 9.59 Å². The number of rotatable bonds is 5. The molecule has 1 aromatic carbocycles. The molecule has 1 aliphatic carbocycles. The Hall–Kier alpha value is -4.20. The van der Waals surface area contributed by atoms with Crippen molar-refractivity contribution in [2.24, 2.45) is 5.92 Å². The van der Waals surface area contributed by atoms with Gasteiger partial charge >= 0.3 is 12.1 Å². The molecule has 46 heavy (non-hydrogen) atoms. The number of carboxylic acid groups (broad SMARTS) is 1. The molecule has 3 amide bonds. The van der Waals surface area contributed by atoms with E-state index in [0.29, 0.717) is 29.2 Å². The fraction of sp³-hybridized carbons (Fsp3) is 0.581. The number of carbonyl (C=O) groups is 4. The molecule has 0 spiro atoms. The van der Waals surface area contributed by atoms with Crippen molar-refractivity contribution in [1.29, 1.82) is 0 Å². The summed E-state index contributed by atoms with van der Waals surface area (Å²) in [6, 6.07) is 2.50. The van der Waals surface area contributed by atoms with Gasteiger partial charge in [-0.2, -0.15) is 4.80 Å². The quantitative estimate of drug-likeness (QED) is 0.403. The van der Waals surface area contributed by atoms with Crippen LogP contribution in [0.25, 0.3) is 11.4 Å². The first-order chi connectivity index (χ1) is 21.8. The number of fused-ring (bicyclic) bond motifs is 2. The molecule has 2 fully saturated rings. The number of nitrogens with zero attached hydrogens (tertiary/aromatic N) is 5. The smallest absolute Gasteiger partial charge is 0.408 e. The van der Waals surface area contributed by atoms with E-state index < -0.39 is 53.1 Å². The van der Waals surface area contributed by atoms with Gasteiger partial charge in [0.05, 0.1) is 18.2 Å². The van der Waals surface area contributed by atoms with E-state index in [1.807, 2.05) is 12.2 Å². The number of methoxy groups -OCH3 is 1. The first-order valence-corrected chi connectivity index (χ1v) is 15.8. The molecule has 3 heterocycles. The van der Waals surface area contributed by atoms with E-state index in [0.717, 1.165) is 19.3 Å². The first kappa shape index (κ1) is 33.2. The number of alkyl carbamates (subject to hydrolysis) is 1. The molecule has 248 valence electrons. The average Bonchev–Trinajstić information content (AvgIpc) is 3.31. The molecule has 15 heteroatoms. The number of benzene rings is 1. The summed E-state index contributed by atoms with van der Waals surface area (Å²) in [5, 5.41) is 28.8. The minimum absolute atomic E-state index is 0.0337. The van der Waals surface area contributed by atoms with Crippen molar-refractivity contribution < 1.29 is 33.8 Å². The number of halogens is 1.